The van der Waals surface area contributed by atoms with E-state index in [-0.39, 0.29) is 10.5 Å². The zero-order chi connectivity index (χ0) is 13.2. The molecule has 0 fully saturated rings. The van der Waals surface area contributed by atoms with Gasteiger partial charge in [-0.2, -0.15) is 0 Å². The highest BCUT2D eigenvalue weighted by Crippen LogP contribution is 2.24. The predicted octanol–water partition coefficient (Wildman–Crippen LogP) is 0.677. The Bertz CT molecular complexity index is 537. The predicted molar refractivity (Wildman–Crippen MR) is 63.8 cm³/mol. The SMILES string of the molecule is CNc1ccc(C(=O)O)cc1S(=O)(=O)N(C)C. The summed E-state index contributed by atoms with van der Waals surface area (Å²) in [4.78, 5) is 10.8. The van der Waals surface area contributed by atoms with Gasteiger partial charge in [-0.25, -0.2) is 17.5 Å². The van der Waals surface area contributed by atoms with Crippen LogP contribution in [0.2, 0.25) is 0 Å². The molecule has 0 amide bonds. The molecule has 0 aliphatic rings. The molecule has 0 atom stereocenters. The van der Waals surface area contributed by atoms with Crippen LogP contribution in [-0.4, -0.2) is 44.9 Å². The average Bonchev–Trinajstić information content (AvgIpc) is 2.27. The van der Waals surface area contributed by atoms with E-state index in [0.717, 1.165) is 10.4 Å². The largest absolute Gasteiger partial charge is 0.478 e. The molecule has 1 aromatic carbocycles. The quantitative estimate of drug-likeness (QED) is 0.829. The summed E-state index contributed by atoms with van der Waals surface area (Å²) in [5.41, 5.74) is 0.299. The molecule has 94 valence electrons. The Hall–Kier alpha value is -1.60. The topological polar surface area (TPSA) is 86.7 Å². The number of hydrogen-bond acceptors (Lipinski definition) is 4. The lowest BCUT2D eigenvalue weighted by atomic mass is 10.2. The zero-order valence-electron chi connectivity index (χ0n) is 9.76. The number of carbonyl (C=O) groups is 1. The van der Waals surface area contributed by atoms with Gasteiger partial charge in [-0.1, -0.05) is 0 Å². The van der Waals surface area contributed by atoms with E-state index in [9.17, 15) is 13.2 Å². The summed E-state index contributed by atoms with van der Waals surface area (Å²) >= 11 is 0. The van der Waals surface area contributed by atoms with Crippen molar-refractivity contribution in [2.24, 2.45) is 0 Å². The third-order valence-electron chi connectivity index (χ3n) is 2.26. The summed E-state index contributed by atoms with van der Waals surface area (Å²) in [6, 6.07) is 3.92. The lowest BCUT2D eigenvalue weighted by molar-refractivity contribution is 0.0696. The Kier molecular flexibility index (Phi) is 3.74. The van der Waals surface area contributed by atoms with Crippen LogP contribution < -0.4 is 5.32 Å². The van der Waals surface area contributed by atoms with Gasteiger partial charge >= 0.3 is 5.97 Å². The van der Waals surface area contributed by atoms with E-state index in [2.05, 4.69) is 5.32 Å². The molecular formula is C10H14N2O4S. The minimum absolute atomic E-state index is 0.0510. The second-order valence-corrected chi connectivity index (χ2v) is 5.67. The molecule has 0 aliphatic heterocycles. The number of nitrogens with one attached hydrogen (secondary N) is 1. The summed E-state index contributed by atoms with van der Waals surface area (Å²) in [7, 11) is 0.688. The van der Waals surface area contributed by atoms with Crippen molar-refractivity contribution in [1.82, 2.24) is 4.31 Å². The fourth-order valence-electron chi connectivity index (χ4n) is 1.27. The average molecular weight is 258 g/mol. The third kappa shape index (κ3) is 2.56. The first-order valence-corrected chi connectivity index (χ1v) is 6.22. The van der Waals surface area contributed by atoms with E-state index in [1.807, 2.05) is 0 Å². The summed E-state index contributed by atoms with van der Waals surface area (Å²) < 4.78 is 25.0. The molecule has 1 aromatic rings. The molecular weight excluding hydrogens is 244 g/mol. The van der Waals surface area contributed by atoms with Crippen LogP contribution in [0.15, 0.2) is 23.1 Å². The number of carboxylic acid groups (broad SMARTS) is 1. The first-order valence-electron chi connectivity index (χ1n) is 4.78. The van der Waals surface area contributed by atoms with Crippen LogP contribution in [0, 0.1) is 0 Å². The summed E-state index contributed by atoms with van der Waals surface area (Å²) in [5, 5.41) is 11.6. The maximum absolute atomic E-state index is 12.0. The van der Waals surface area contributed by atoms with Crippen molar-refractivity contribution in [3.05, 3.63) is 23.8 Å². The fourth-order valence-corrected chi connectivity index (χ4v) is 2.39. The van der Waals surface area contributed by atoms with E-state index in [1.165, 1.54) is 26.2 Å². The van der Waals surface area contributed by atoms with E-state index in [4.69, 9.17) is 5.11 Å². The minimum Gasteiger partial charge on any atom is -0.478 e. The van der Waals surface area contributed by atoms with Crippen molar-refractivity contribution in [1.29, 1.82) is 0 Å². The summed E-state index contributed by atoms with van der Waals surface area (Å²) in [6.45, 7) is 0. The lowest BCUT2D eigenvalue weighted by Gasteiger charge is -2.15. The van der Waals surface area contributed by atoms with Crippen LogP contribution >= 0.6 is 0 Å². The molecule has 0 saturated carbocycles. The number of anilines is 1. The van der Waals surface area contributed by atoms with E-state index in [0.29, 0.717) is 5.69 Å². The van der Waals surface area contributed by atoms with Crippen LogP contribution in [0.4, 0.5) is 5.69 Å². The number of carboxylic acids is 1. The lowest BCUT2D eigenvalue weighted by Crippen LogP contribution is -2.23. The Balaban J connectivity index is 3.49. The maximum atomic E-state index is 12.0. The molecule has 0 saturated heterocycles. The Morgan fingerprint density at radius 3 is 2.35 bits per heavy atom. The number of rotatable bonds is 4. The number of hydrogen-bond donors (Lipinski definition) is 2. The molecule has 0 heterocycles. The number of aromatic carboxylic acids is 1. The van der Waals surface area contributed by atoms with Crippen LogP contribution in [0.25, 0.3) is 0 Å². The summed E-state index contributed by atoms with van der Waals surface area (Å²) in [6.07, 6.45) is 0. The van der Waals surface area contributed by atoms with Gasteiger partial charge in [0.1, 0.15) is 4.90 Å². The van der Waals surface area contributed by atoms with Crippen LogP contribution in [0.5, 0.6) is 0 Å². The van der Waals surface area contributed by atoms with Crippen molar-refractivity contribution in [3.8, 4) is 0 Å². The normalized spacial score (nSPS) is 11.5. The molecule has 0 unspecified atom stereocenters. The number of sulfonamides is 1. The van der Waals surface area contributed by atoms with E-state index >= 15 is 0 Å². The molecule has 17 heavy (non-hydrogen) atoms. The molecule has 0 aromatic heterocycles. The second-order valence-electron chi connectivity index (χ2n) is 3.55. The zero-order valence-corrected chi connectivity index (χ0v) is 10.6. The van der Waals surface area contributed by atoms with Crippen molar-refractivity contribution in [2.75, 3.05) is 26.5 Å². The molecule has 1 rings (SSSR count). The standard InChI is InChI=1S/C10H14N2O4S/c1-11-8-5-4-7(10(13)14)6-9(8)17(15,16)12(2)3/h4-6,11H,1-3H3,(H,13,14). The molecule has 0 bridgehead atoms. The van der Waals surface area contributed by atoms with Crippen molar-refractivity contribution >= 4 is 21.7 Å². The van der Waals surface area contributed by atoms with Gasteiger partial charge in [0, 0.05) is 21.1 Å². The highest BCUT2D eigenvalue weighted by molar-refractivity contribution is 7.89. The Morgan fingerprint density at radius 1 is 1.35 bits per heavy atom. The molecule has 7 heteroatoms. The van der Waals surface area contributed by atoms with Gasteiger partial charge in [0.25, 0.3) is 0 Å². The van der Waals surface area contributed by atoms with E-state index < -0.39 is 16.0 Å². The first kappa shape index (κ1) is 13.5. The monoisotopic (exact) mass is 258 g/mol. The fraction of sp³-hybridized carbons (Fsp3) is 0.300. The number of nitrogens with zero attached hydrogens (tertiary/aromatic N) is 1. The molecule has 0 aliphatic carbocycles. The van der Waals surface area contributed by atoms with Crippen molar-refractivity contribution in [2.45, 2.75) is 4.90 Å². The van der Waals surface area contributed by atoms with Gasteiger partial charge < -0.3 is 10.4 Å². The van der Waals surface area contributed by atoms with Gasteiger partial charge in [-0.05, 0) is 18.2 Å². The van der Waals surface area contributed by atoms with E-state index in [1.54, 1.807) is 7.05 Å². The van der Waals surface area contributed by atoms with Crippen molar-refractivity contribution in [3.63, 3.8) is 0 Å². The Labute approximate surface area is 99.9 Å². The molecule has 0 spiro atoms. The van der Waals surface area contributed by atoms with Gasteiger partial charge in [0.05, 0.1) is 11.3 Å². The van der Waals surface area contributed by atoms with Gasteiger partial charge in [-0.3, -0.25) is 0 Å². The third-order valence-corrected chi connectivity index (χ3v) is 4.11. The first-order chi connectivity index (χ1) is 7.80. The van der Waals surface area contributed by atoms with Crippen molar-refractivity contribution < 1.29 is 18.3 Å². The Morgan fingerprint density at radius 2 is 1.94 bits per heavy atom. The highest BCUT2D eigenvalue weighted by Gasteiger charge is 2.22. The molecule has 6 nitrogen and oxygen atoms in total. The summed E-state index contributed by atoms with van der Waals surface area (Å²) in [5.74, 6) is -1.16. The highest BCUT2D eigenvalue weighted by atomic mass is 32.2. The molecule has 0 radical (unpaired) electrons. The smallest absolute Gasteiger partial charge is 0.335 e. The van der Waals surface area contributed by atoms with Gasteiger partial charge in [0.15, 0.2) is 0 Å². The maximum Gasteiger partial charge on any atom is 0.335 e. The van der Waals surface area contributed by atoms with Crippen LogP contribution in [-0.2, 0) is 10.0 Å². The second kappa shape index (κ2) is 4.72. The van der Waals surface area contributed by atoms with Gasteiger partial charge in [-0.15, -0.1) is 0 Å². The van der Waals surface area contributed by atoms with Crippen LogP contribution in [0.3, 0.4) is 0 Å². The number of benzene rings is 1. The minimum atomic E-state index is -3.67. The van der Waals surface area contributed by atoms with Crippen LogP contribution in [0.1, 0.15) is 10.4 Å². The molecule has 2 N–H and O–H groups in total. The van der Waals surface area contributed by atoms with Gasteiger partial charge in [0.2, 0.25) is 10.0 Å².